The molecule has 0 aliphatic carbocycles. The third-order valence-electron chi connectivity index (χ3n) is 6.24. The molecule has 1 unspecified atom stereocenters. The molecule has 1 aromatic carbocycles. The van der Waals surface area contributed by atoms with E-state index >= 15 is 0 Å². The molecule has 4 aromatic rings. The van der Waals surface area contributed by atoms with Gasteiger partial charge in [0.05, 0.1) is 37.3 Å². The van der Waals surface area contributed by atoms with Gasteiger partial charge in [-0.15, -0.1) is 0 Å². The molecular weight excluding hydrogens is 476 g/mol. The SMILES string of the molecule is CCOC(=O)c1cc2c(=O)n3ccccc3nc2n(CC2CCCO2)c1=NC(=O)c1ccccc1OC. The molecular formula is C27H26N4O6. The van der Waals surface area contributed by atoms with E-state index in [4.69, 9.17) is 19.2 Å². The third-order valence-corrected chi connectivity index (χ3v) is 6.24. The van der Waals surface area contributed by atoms with Crippen LogP contribution in [0.4, 0.5) is 0 Å². The van der Waals surface area contributed by atoms with Crippen LogP contribution in [0.15, 0.2) is 64.5 Å². The minimum atomic E-state index is -0.699. The zero-order valence-corrected chi connectivity index (χ0v) is 20.5. The number of rotatable bonds is 6. The van der Waals surface area contributed by atoms with Crippen LogP contribution < -0.4 is 15.8 Å². The molecule has 4 heterocycles. The fourth-order valence-electron chi connectivity index (χ4n) is 4.50. The molecule has 1 atom stereocenters. The Morgan fingerprint density at radius 3 is 2.73 bits per heavy atom. The number of carbonyl (C=O) groups excluding carboxylic acids is 2. The number of aromatic nitrogens is 3. The fourth-order valence-corrected chi connectivity index (χ4v) is 4.50. The second-order valence-electron chi connectivity index (χ2n) is 8.55. The Bertz CT molecular complexity index is 1630. The second-order valence-corrected chi connectivity index (χ2v) is 8.55. The molecule has 190 valence electrons. The largest absolute Gasteiger partial charge is 0.496 e. The first-order chi connectivity index (χ1) is 18.0. The van der Waals surface area contributed by atoms with E-state index in [9.17, 15) is 14.4 Å². The van der Waals surface area contributed by atoms with Crippen LogP contribution in [0.1, 0.15) is 40.5 Å². The molecule has 1 fully saturated rings. The summed E-state index contributed by atoms with van der Waals surface area (Å²) in [6, 6.07) is 13.3. The van der Waals surface area contributed by atoms with E-state index in [-0.39, 0.29) is 46.8 Å². The van der Waals surface area contributed by atoms with Gasteiger partial charge in [0.1, 0.15) is 22.6 Å². The maximum Gasteiger partial charge on any atom is 0.341 e. The highest BCUT2D eigenvalue weighted by molar-refractivity contribution is 5.99. The van der Waals surface area contributed by atoms with Gasteiger partial charge in [0.2, 0.25) is 0 Å². The molecule has 1 aliphatic rings. The van der Waals surface area contributed by atoms with Crippen LogP contribution in [0.5, 0.6) is 5.75 Å². The predicted octanol–water partition coefficient (Wildman–Crippen LogP) is 2.75. The summed E-state index contributed by atoms with van der Waals surface area (Å²) in [6.45, 7) is 2.64. The van der Waals surface area contributed by atoms with Crippen LogP contribution in [0, 0.1) is 0 Å². The van der Waals surface area contributed by atoms with Crippen molar-refractivity contribution < 1.29 is 23.8 Å². The van der Waals surface area contributed by atoms with Crippen molar-refractivity contribution in [3.8, 4) is 5.75 Å². The van der Waals surface area contributed by atoms with E-state index in [1.165, 1.54) is 17.6 Å². The maximum atomic E-state index is 13.5. The summed E-state index contributed by atoms with van der Waals surface area (Å²) in [5.41, 5.74) is 0.637. The van der Waals surface area contributed by atoms with Crippen LogP contribution in [0.25, 0.3) is 16.7 Å². The number of hydrogen-bond acceptors (Lipinski definition) is 7. The number of esters is 1. The standard InChI is InChI=1S/C27H26N4O6/c1-3-36-27(34)20-15-19-23(28-22-12-6-7-13-30(22)26(19)33)31(16-17-9-8-14-37-17)24(20)29-25(32)18-10-4-5-11-21(18)35-2/h4-7,10-13,15,17H,3,8-9,14,16H2,1-2H3. The Labute approximate surface area is 211 Å². The number of pyridine rings is 2. The van der Waals surface area contributed by atoms with Gasteiger partial charge >= 0.3 is 5.97 Å². The van der Waals surface area contributed by atoms with Crippen molar-refractivity contribution in [2.45, 2.75) is 32.4 Å². The monoisotopic (exact) mass is 502 g/mol. The molecule has 0 bridgehead atoms. The summed E-state index contributed by atoms with van der Waals surface area (Å²) >= 11 is 0. The quantitative estimate of drug-likeness (QED) is 0.294. The van der Waals surface area contributed by atoms with Crippen molar-refractivity contribution in [1.29, 1.82) is 0 Å². The van der Waals surface area contributed by atoms with E-state index in [0.29, 0.717) is 23.7 Å². The lowest BCUT2D eigenvalue weighted by molar-refractivity contribution is 0.0521. The molecule has 3 aromatic heterocycles. The van der Waals surface area contributed by atoms with E-state index in [1.807, 2.05) is 0 Å². The molecule has 5 rings (SSSR count). The molecule has 10 heteroatoms. The number of methoxy groups -OCH3 is 1. The Morgan fingerprint density at radius 2 is 1.97 bits per heavy atom. The van der Waals surface area contributed by atoms with Gasteiger partial charge in [0.15, 0.2) is 5.49 Å². The molecule has 10 nitrogen and oxygen atoms in total. The lowest BCUT2D eigenvalue weighted by Crippen LogP contribution is -2.35. The van der Waals surface area contributed by atoms with Crippen molar-refractivity contribution in [2.24, 2.45) is 4.99 Å². The average Bonchev–Trinajstić information content (AvgIpc) is 3.43. The van der Waals surface area contributed by atoms with Gasteiger partial charge < -0.3 is 18.8 Å². The van der Waals surface area contributed by atoms with Crippen LogP contribution in [0.2, 0.25) is 0 Å². The molecule has 1 aliphatic heterocycles. The van der Waals surface area contributed by atoms with Gasteiger partial charge in [-0.2, -0.15) is 4.99 Å². The van der Waals surface area contributed by atoms with E-state index < -0.39 is 11.9 Å². The number of amides is 1. The highest BCUT2D eigenvalue weighted by Crippen LogP contribution is 2.20. The minimum Gasteiger partial charge on any atom is -0.496 e. The first-order valence-electron chi connectivity index (χ1n) is 12.1. The number of ether oxygens (including phenoxy) is 3. The normalized spacial score (nSPS) is 15.8. The predicted molar refractivity (Wildman–Crippen MR) is 135 cm³/mol. The van der Waals surface area contributed by atoms with Crippen molar-refractivity contribution in [3.63, 3.8) is 0 Å². The summed E-state index contributed by atoms with van der Waals surface area (Å²) in [4.78, 5) is 49.1. The molecule has 37 heavy (non-hydrogen) atoms. The summed E-state index contributed by atoms with van der Waals surface area (Å²) in [5.74, 6) is -0.960. The number of nitrogens with zero attached hydrogens (tertiary/aromatic N) is 4. The smallest absolute Gasteiger partial charge is 0.341 e. The number of para-hydroxylation sites is 1. The molecule has 0 radical (unpaired) electrons. The number of benzene rings is 1. The number of hydrogen-bond donors (Lipinski definition) is 0. The third kappa shape index (κ3) is 4.63. The summed E-state index contributed by atoms with van der Waals surface area (Å²) < 4.78 is 19.5. The summed E-state index contributed by atoms with van der Waals surface area (Å²) in [5, 5.41) is 0.202. The van der Waals surface area contributed by atoms with E-state index in [1.54, 1.807) is 60.2 Å². The lowest BCUT2D eigenvalue weighted by atomic mass is 10.1. The van der Waals surface area contributed by atoms with Crippen LogP contribution in [0.3, 0.4) is 0 Å². The highest BCUT2D eigenvalue weighted by Gasteiger charge is 2.24. The second kappa shape index (κ2) is 10.4. The first kappa shape index (κ1) is 24.4. The van der Waals surface area contributed by atoms with Crippen molar-refractivity contribution in [1.82, 2.24) is 14.0 Å². The van der Waals surface area contributed by atoms with Gasteiger partial charge in [-0.05, 0) is 50.1 Å². The Hall–Kier alpha value is -4.31. The van der Waals surface area contributed by atoms with Crippen molar-refractivity contribution in [3.05, 3.63) is 81.7 Å². The number of carbonyl (C=O) groups is 2. The average molecular weight is 503 g/mol. The Balaban J connectivity index is 1.86. The molecule has 1 saturated heterocycles. The van der Waals surface area contributed by atoms with E-state index in [2.05, 4.69) is 4.99 Å². The van der Waals surface area contributed by atoms with Gasteiger partial charge in [-0.25, -0.2) is 9.78 Å². The molecule has 0 N–H and O–H groups in total. The van der Waals surface area contributed by atoms with Gasteiger partial charge in [-0.1, -0.05) is 18.2 Å². The highest BCUT2D eigenvalue weighted by atomic mass is 16.5. The lowest BCUT2D eigenvalue weighted by Gasteiger charge is -2.18. The fraction of sp³-hybridized carbons (Fsp3) is 0.296. The van der Waals surface area contributed by atoms with E-state index in [0.717, 1.165) is 12.8 Å². The van der Waals surface area contributed by atoms with Crippen LogP contribution in [-0.2, 0) is 16.0 Å². The zero-order valence-electron chi connectivity index (χ0n) is 20.5. The zero-order chi connectivity index (χ0) is 25.9. The topological polar surface area (TPSA) is 113 Å². The molecule has 0 spiro atoms. The molecule has 0 saturated carbocycles. The minimum absolute atomic E-state index is 0.00891. The number of fused-ring (bicyclic) bond motifs is 2. The molecule has 1 amide bonds. The van der Waals surface area contributed by atoms with Crippen molar-refractivity contribution in [2.75, 3.05) is 20.3 Å². The van der Waals surface area contributed by atoms with Gasteiger partial charge in [-0.3, -0.25) is 14.0 Å². The summed E-state index contributed by atoms with van der Waals surface area (Å²) in [7, 11) is 1.46. The van der Waals surface area contributed by atoms with Crippen molar-refractivity contribution >= 4 is 28.6 Å². The van der Waals surface area contributed by atoms with Gasteiger partial charge in [0.25, 0.3) is 11.5 Å². The van der Waals surface area contributed by atoms with Gasteiger partial charge in [0, 0.05) is 12.8 Å². The summed E-state index contributed by atoms with van der Waals surface area (Å²) in [6.07, 6.45) is 3.08. The van der Waals surface area contributed by atoms with Crippen LogP contribution >= 0.6 is 0 Å². The maximum absolute atomic E-state index is 13.5. The Morgan fingerprint density at radius 1 is 1.16 bits per heavy atom. The first-order valence-corrected chi connectivity index (χ1v) is 12.1. The Kier molecular flexibility index (Phi) is 6.82. The van der Waals surface area contributed by atoms with Crippen LogP contribution in [-0.4, -0.2) is 52.3 Å².